The third-order valence-electron chi connectivity index (χ3n) is 4.64. The number of rotatable bonds is 2. The van der Waals surface area contributed by atoms with E-state index in [0.717, 1.165) is 17.8 Å². The van der Waals surface area contributed by atoms with Crippen LogP contribution in [0, 0.1) is 23.2 Å². The van der Waals surface area contributed by atoms with E-state index in [1.54, 1.807) is 12.8 Å². The number of hydrogen-bond acceptors (Lipinski definition) is 0. The largest absolute Gasteiger partial charge is 0.0649 e. The Bertz CT molecular complexity index is 160. The minimum absolute atomic E-state index is 0.621. The number of hydrogen-bond donors (Lipinski definition) is 0. The Hall–Kier alpha value is 0. The van der Waals surface area contributed by atoms with Crippen molar-refractivity contribution in [2.45, 2.75) is 52.9 Å². The van der Waals surface area contributed by atoms with Gasteiger partial charge in [0.15, 0.2) is 0 Å². The highest BCUT2D eigenvalue weighted by molar-refractivity contribution is 4.95. The average molecular weight is 166 g/mol. The zero-order valence-electron chi connectivity index (χ0n) is 8.77. The monoisotopic (exact) mass is 166 g/mol. The minimum Gasteiger partial charge on any atom is -0.0649 e. The quantitative estimate of drug-likeness (QED) is 0.584. The van der Waals surface area contributed by atoms with Crippen molar-refractivity contribution in [3.05, 3.63) is 0 Å². The second kappa shape index (κ2) is 2.75. The van der Waals surface area contributed by atoms with Crippen LogP contribution >= 0.6 is 0 Å². The van der Waals surface area contributed by atoms with E-state index < -0.39 is 0 Å². The van der Waals surface area contributed by atoms with Crippen LogP contribution in [0.3, 0.4) is 0 Å². The molecule has 3 saturated carbocycles. The lowest BCUT2D eigenvalue weighted by atomic mass is 9.53. The zero-order chi connectivity index (χ0) is 8.77. The lowest BCUT2D eigenvalue weighted by Gasteiger charge is -2.52. The molecule has 0 aliphatic heterocycles. The van der Waals surface area contributed by atoms with Crippen LogP contribution < -0.4 is 0 Å². The summed E-state index contributed by atoms with van der Waals surface area (Å²) < 4.78 is 0. The Morgan fingerprint density at radius 3 is 2.25 bits per heavy atom. The molecule has 0 saturated heterocycles. The van der Waals surface area contributed by atoms with Gasteiger partial charge in [0.2, 0.25) is 0 Å². The van der Waals surface area contributed by atoms with Crippen LogP contribution in [0.15, 0.2) is 0 Å². The van der Waals surface area contributed by atoms with Gasteiger partial charge in [0.1, 0.15) is 0 Å². The maximum absolute atomic E-state index is 2.47. The van der Waals surface area contributed by atoms with Crippen LogP contribution in [0.2, 0.25) is 0 Å². The molecule has 1 unspecified atom stereocenters. The van der Waals surface area contributed by atoms with Gasteiger partial charge in [0.05, 0.1) is 0 Å². The highest BCUT2D eigenvalue weighted by atomic mass is 14.5. The SMILES string of the molecule is CCC(C)(C)C1CCC2CC1C2. The first kappa shape index (κ1) is 8.59. The van der Waals surface area contributed by atoms with Gasteiger partial charge in [-0.25, -0.2) is 0 Å². The van der Waals surface area contributed by atoms with Gasteiger partial charge in [-0.05, 0) is 42.4 Å². The van der Waals surface area contributed by atoms with Crippen LogP contribution in [0.5, 0.6) is 0 Å². The maximum atomic E-state index is 2.47. The van der Waals surface area contributed by atoms with Gasteiger partial charge in [-0.15, -0.1) is 0 Å². The fourth-order valence-electron chi connectivity index (χ4n) is 3.29. The molecule has 0 spiro atoms. The van der Waals surface area contributed by atoms with Gasteiger partial charge in [-0.1, -0.05) is 33.6 Å². The molecular weight excluding hydrogens is 144 g/mol. The fraction of sp³-hybridized carbons (Fsp3) is 1.00. The molecular formula is C12H22. The van der Waals surface area contributed by atoms with Crippen molar-refractivity contribution in [3.8, 4) is 0 Å². The van der Waals surface area contributed by atoms with Gasteiger partial charge in [-0.3, -0.25) is 0 Å². The molecule has 0 radical (unpaired) electrons. The van der Waals surface area contributed by atoms with Gasteiger partial charge in [-0.2, -0.15) is 0 Å². The molecule has 0 N–H and O–H groups in total. The molecule has 0 amide bonds. The Morgan fingerprint density at radius 2 is 1.83 bits per heavy atom. The fourth-order valence-corrected chi connectivity index (χ4v) is 3.29. The van der Waals surface area contributed by atoms with Crippen molar-refractivity contribution in [1.29, 1.82) is 0 Å². The summed E-state index contributed by atoms with van der Waals surface area (Å²) in [5, 5.41) is 0. The summed E-state index contributed by atoms with van der Waals surface area (Å²) in [5.41, 5.74) is 0.621. The summed E-state index contributed by atoms with van der Waals surface area (Å²) >= 11 is 0. The van der Waals surface area contributed by atoms with Crippen molar-refractivity contribution in [1.82, 2.24) is 0 Å². The van der Waals surface area contributed by atoms with Crippen LogP contribution in [-0.2, 0) is 0 Å². The molecule has 0 heterocycles. The molecule has 1 atom stereocenters. The maximum Gasteiger partial charge on any atom is -0.0326 e. The van der Waals surface area contributed by atoms with E-state index in [2.05, 4.69) is 20.8 Å². The van der Waals surface area contributed by atoms with Crippen molar-refractivity contribution in [2.75, 3.05) is 0 Å². The molecule has 0 aromatic rings. The zero-order valence-corrected chi connectivity index (χ0v) is 8.77. The average Bonchev–Trinajstić information content (AvgIpc) is 2.03. The Kier molecular flexibility index (Phi) is 1.97. The van der Waals surface area contributed by atoms with Crippen LogP contribution in [-0.4, -0.2) is 0 Å². The predicted octanol–water partition coefficient (Wildman–Crippen LogP) is 3.86. The summed E-state index contributed by atoms with van der Waals surface area (Å²) in [4.78, 5) is 0. The molecule has 0 aromatic heterocycles. The standard InChI is InChI=1S/C12H22/c1-4-12(2,3)11-6-5-9-7-10(11)8-9/h9-11H,4-8H2,1-3H3. The topological polar surface area (TPSA) is 0 Å². The first-order valence-corrected chi connectivity index (χ1v) is 5.63. The van der Waals surface area contributed by atoms with Gasteiger partial charge < -0.3 is 0 Å². The second-order valence-corrected chi connectivity index (χ2v) is 5.62. The molecule has 0 nitrogen and oxygen atoms in total. The third-order valence-corrected chi connectivity index (χ3v) is 4.64. The first-order chi connectivity index (χ1) is 5.63. The molecule has 70 valence electrons. The summed E-state index contributed by atoms with van der Waals surface area (Å²) in [6.45, 7) is 7.29. The van der Waals surface area contributed by atoms with Crippen LogP contribution in [0.25, 0.3) is 0 Å². The van der Waals surface area contributed by atoms with Crippen molar-refractivity contribution in [3.63, 3.8) is 0 Å². The van der Waals surface area contributed by atoms with E-state index >= 15 is 0 Å². The van der Waals surface area contributed by atoms with Crippen LogP contribution in [0.1, 0.15) is 52.9 Å². The molecule has 0 aromatic carbocycles. The van der Waals surface area contributed by atoms with E-state index in [-0.39, 0.29) is 0 Å². The summed E-state index contributed by atoms with van der Waals surface area (Å²) in [7, 11) is 0. The molecule has 0 heteroatoms. The van der Waals surface area contributed by atoms with Crippen molar-refractivity contribution >= 4 is 0 Å². The summed E-state index contributed by atoms with van der Waals surface area (Å²) in [6.07, 6.45) is 7.54. The van der Waals surface area contributed by atoms with Gasteiger partial charge >= 0.3 is 0 Å². The lowest BCUT2D eigenvalue weighted by Crippen LogP contribution is -2.42. The van der Waals surface area contributed by atoms with E-state index in [0.29, 0.717) is 5.41 Å². The summed E-state index contributed by atoms with van der Waals surface area (Å²) in [5.74, 6) is 3.30. The van der Waals surface area contributed by atoms with Gasteiger partial charge in [0.25, 0.3) is 0 Å². The van der Waals surface area contributed by atoms with Crippen LogP contribution in [0.4, 0.5) is 0 Å². The minimum atomic E-state index is 0.621. The lowest BCUT2D eigenvalue weighted by molar-refractivity contribution is -0.0190. The highest BCUT2D eigenvalue weighted by Crippen LogP contribution is 2.55. The van der Waals surface area contributed by atoms with E-state index in [1.165, 1.54) is 19.3 Å². The third kappa shape index (κ3) is 1.20. The normalized spacial score (nSPS) is 40.8. The molecule has 2 bridgehead atoms. The summed E-state index contributed by atoms with van der Waals surface area (Å²) in [6, 6.07) is 0. The first-order valence-electron chi connectivity index (χ1n) is 5.63. The van der Waals surface area contributed by atoms with E-state index in [1.807, 2.05) is 0 Å². The number of fused-ring (bicyclic) bond motifs is 2. The molecule has 3 aliphatic rings. The highest BCUT2D eigenvalue weighted by Gasteiger charge is 2.45. The predicted molar refractivity (Wildman–Crippen MR) is 53.0 cm³/mol. The Morgan fingerprint density at radius 1 is 1.17 bits per heavy atom. The molecule has 3 aliphatic carbocycles. The molecule has 3 fully saturated rings. The second-order valence-electron chi connectivity index (χ2n) is 5.62. The Labute approximate surface area is 76.7 Å². The van der Waals surface area contributed by atoms with E-state index in [9.17, 15) is 0 Å². The van der Waals surface area contributed by atoms with E-state index in [4.69, 9.17) is 0 Å². The molecule has 12 heavy (non-hydrogen) atoms. The molecule has 3 rings (SSSR count). The van der Waals surface area contributed by atoms with Crippen molar-refractivity contribution < 1.29 is 0 Å². The van der Waals surface area contributed by atoms with Crippen molar-refractivity contribution in [2.24, 2.45) is 23.2 Å². The smallest absolute Gasteiger partial charge is 0.0326 e. The Balaban J connectivity index is 2.02. The van der Waals surface area contributed by atoms with Gasteiger partial charge in [0, 0.05) is 0 Å².